The predicted octanol–water partition coefficient (Wildman–Crippen LogP) is 4.23. The third kappa shape index (κ3) is 6.21. The summed E-state index contributed by atoms with van der Waals surface area (Å²) >= 11 is 1.71. The second-order valence-electron chi connectivity index (χ2n) is 7.96. The summed E-state index contributed by atoms with van der Waals surface area (Å²) in [5.74, 6) is 1.73. The molecule has 0 saturated carbocycles. The largest absolute Gasteiger partial charge is 0.384 e. The molecule has 1 aliphatic rings. The average Bonchev–Trinajstić information content (AvgIpc) is 2.80. The molecule has 0 spiro atoms. The molecular formula is C24H28N6OS. The molecule has 1 saturated heterocycles. The number of anilines is 2. The van der Waals surface area contributed by atoms with Gasteiger partial charge in [0.2, 0.25) is 0 Å². The van der Waals surface area contributed by atoms with E-state index in [0.29, 0.717) is 17.4 Å². The Morgan fingerprint density at radius 1 is 1.09 bits per heavy atom. The van der Waals surface area contributed by atoms with Gasteiger partial charge in [-0.2, -0.15) is 0 Å². The number of carbonyl (C=O) groups is 1. The van der Waals surface area contributed by atoms with E-state index in [1.165, 1.54) is 4.90 Å². The molecule has 8 heteroatoms. The predicted molar refractivity (Wildman–Crippen MR) is 131 cm³/mol. The van der Waals surface area contributed by atoms with Crippen molar-refractivity contribution in [3.63, 3.8) is 0 Å². The van der Waals surface area contributed by atoms with Crippen molar-refractivity contribution < 1.29 is 4.79 Å². The first-order valence-electron chi connectivity index (χ1n) is 10.7. The van der Waals surface area contributed by atoms with Crippen LogP contribution in [0.25, 0.3) is 11.4 Å². The molecule has 1 aromatic heterocycles. The van der Waals surface area contributed by atoms with Crippen molar-refractivity contribution in [2.45, 2.75) is 29.5 Å². The lowest BCUT2D eigenvalue weighted by Gasteiger charge is -2.29. The Morgan fingerprint density at radius 3 is 2.53 bits per heavy atom. The summed E-state index contributed by atoms with van der Waals surface area (Å²) in [6.07, 6.45) is 1.95. The van der Waals surface area contributed by atoms with Gasteiger partial charge < -0.3 is 21.3 Å². The highest BCUT2D eigenvalue weighted by molar-refractivity contribution is 7.98. The summed E-state index contributed by atoms with van der Waals surface area (Å²) < 4.78 is 0. The van der Waals surface area contributed by atoms with Crippen LogP contribution in [-0.4, -0.2) is 47.1 Å². The van der Waals surface area contributed by atoms with E-state index in [1.807, 2.05) is 48.5 Å². The van der Waals surface area contributed by atoms with Crippen LogP contribution in [0.15, 0.2) is 65.6 Å². The first kappa shape index (κ1) is 22.1. The Labute approximate surface area is 192 Å². The zero-order valence-corrected chi connectivity index (χ0v) is 18.9. The summed E-state index contributed by atoms with van der Waals surface area (Å²) in [6.45, 7) is 2.01. The minimum Gasteiger partial charge on any atom is -0.384 e. The van der Waals surface area contributed by atoms with Gasteiger partial charge in [0, 0.05) is 34.0 Å². The van der Waals surface area contributed by atoms with Crippen LogP contribution in [0.4, 0.5) is 16.3 Å². The van der Waals surface area contributed by atoms with Crippen LogP contribution in [0.1, 0.15) is 18.5 Å². The van der Waals surface area contributed by atoms with Crippen LogP contribution in [0.2, 0.25) is 0 Å². The number of hydrogen-bond acceptors (Lipinski definition) is 6. The number of piperidine rings is 1. The summed E-state index contributed by atoms with van der Waals surface area (Å²) in [6, 6.07) is 19.5. The van der Waals surface area contributed by atoms with Crippen molar-refractivity contribution in [3.8, 4) is 11.4 Å². The molecule has 4 N–H and O–H groups in total. The SMILES string of the molecule is CN1CCC(NC(=O)Nc2ccc(-c3nc(N)cc(CSc4ccccc4)n3)cc2)CC1. The summed E-state index contributed by atoms with van der Waals surface area (Å²) in [4.78, 5) is 24.8. The number of nitrogens with zero attached hydrogens (tertiary/aromatic N) is 3. The van der Waals surface area contributed by atoms with E-state index in [1.54, 1.807) is 11.8 Å². The lowest BCUT2D eigenvalue weighted by molar-refractivity contribution is 0.221. The van der Waals surface area contributed by atoms with Gasteiger partial charge in [-0.25, -0.2) is 14.8 Å². The first-order chi connectivity index (χ1) is 15.5. The number of benzene rings is 2. The number of amides is 2. The normalized spacial score (nSPS) is 14.8. The molecule has 0 unspecified atom stereocenters. The number of nitrogens with one attached hydrogen (secondary N) is 2. The van der Waals surface area contributed by atoms with Crippen LogP contribution < -0.4 is 16.4 Å². The number of hydrogen-bond donors (Lipinski definition) is 3. The van der Waals surface area contributed by atoms with Crippen molar-refractivity contribution in [2.24, 2.45) is 0 Å². The number of carbonyl (C=O) groups excluding carboxylic acids is 1. The Hall–Kier alpha value is -3.10. The summed E-state index contributed by atoms with van der Waals surface area (Å²) in [5, 5.41) is 5.96. The third-order valence-corrected chi connectivity index (χ3v) is 6.43. The maximum Gasteiger partial charge on any atom is 0.319 e. The monoisotopic (exact) mass is 448 g/mol. The lowest BCUT2D eigenvalue weighted by atomic mass is 10.1. The molecule has 0 atom stereocenters. The van der Waals surface area contributed by atoms with Gasteiger partial charge in [-0.05, 0) is 69.4 Å². The van der Waals surface area contributed by atoms with E-state index in [9.17, 15) is 4.79 Å². The molecular weight excluding hydrogens is 420 g/mol. The first-order valence-corrected chi connectivity index (χ1v) is 11.7. The molecule has 0 bridgehead atoms. The van der Waals surface area contributed by atoms with Crippen LogP contribution in [0.3, 0.4) is 0 Å². The number of nitrogens with two attached hydrogens (primary N) is 1. The number of urea groups is 1. The molecule has 7 nitrogen and oxygen atoms in total. The number of nitrogen functional groups attached to an aromatic ring is 1. The highest BCUT2D eigenvalue weighted by Crippen LogP contribution is 2.24. The van der Waals surface area contributed by atoms with Gasteiger partial charge in [-0.1, -0.05) is 18.2 Å². The highest BCUT2D eigenvalue weighted by Gasteiger charge is 2.18. The van der Waals surface area contributed by atoms with Crippen LogP contribution >= 0.6 is 11.8 Å². The fourth-order valence-electron chi connectivity index (χ4n) is 3.60. The molecule has 1 aliphatic heterocycles. The minimum absolute atomic E-state index is 0.173. The minimum atomic E-state index is -0.173. The van der Waals surface area contributed by atoms with Crippen molar-refractivity contribution in [1.82, 2.24) is 20.2 Å². The van der Waals surface area contributed by atoms with Crippen molar-refractivity contribution in [3.05, 3.63) is 66.4 Å². The standard InChI is InChI=1S/C24H28N6OS/c1-30-13-11-19(12-14-30)28-24(31)27-18-9-7-17(8-10-18)23-26-20(15-22(25)29-23)16-32-21-5-3-2-4-6-21/h2-10,15,19H,11-14,16H2,1H3,(H2,25,26,29)(H2,27,28,31). The summed E-state index contributed by atoms with van der Waals surface area (Å²) in [5.41, 5.74) is 8.48. The number of likely N-dealkylation sites (tertiary alicyclic amines) is 1. The molecule has 2 heterocycles. The van der Waals surface area contributed by atoms with E-state index < -0.39 is 0 Å². The number of rotatable bonds is 6. The van der Waals surface area contributed by atoms with Gasteiger partial charge >= 0.3 is 6.03 Å². The molecule has 2 amide bonds. The van der Waals surface area contributed by atoms with Crippen LogP contribution in [0.5, 0.6) is 0 Å². The molecule has 4 rings (SSSR count). The molecule has 3 aromatic rings. The quantitative estimate of drug-likeness (QED) is 0.488. The summed E-state index contributed by atoms with van der Waals surface area (Å²) in [7, 11) is 2.10. The Bertz CT molecular complexity index is 1040. The second kappa shape index (κ2) is 10.5. The molecule has 0 radical (unpaired) electrons. The van der Waals surface area contributed by atoms with Crippen LogP contribution in [0, 0.1) is 0 Å². The van der Waals surface area contributed by atoms with Gasteiger partial charge in [0.05, 0.1) is 5.69 Å². The van der Waals surface area contributed by atoms with Gasteiger partial charge in [-0.15, -0.1) is 11.8 Å². The molecule has 1 fully saturated rings. The Balaban J connectivity index is 1.36. The van der Waals surface area contributed by atoms with E-state index in [2.05, 4.69) is 44.7 Å². The van der Waals surface area contributed by atoms with Gasteiger partial charge in [-0.3, -0.25) is 0 Å². The molecule has 2 aromatic carbocycles. The Morgan fingerprint density at radius 2 is 1.81 bits per heavy atom. The maximum absolute atomic E-state index is 12.3. The smallest absolute Gasteiger partial charge is 0.319 e. The maximum atomic E-state index is 12.3. The highest BCUT2D eigenvalue weighted by atomic mass is 32.2. The molecule has 32 heavy (non-hydrogen) atoms. The average molecular weight is 449 g/mol. The zero-order valence-electron chi connectivity index (χ0n) is 18.1. The second-order valence-corrected chi connectivity index (χ2v) is 9.01. The topological polar surface area (TPSA) is 96.2 Å². The van der Waals surface area contributed by atoms with Crippen LogP contribution in [-0.2, 0) is 5.75 Å². The van der Waals surface area contributed by atoms with E-state index in [4.69, 9.17) is 5.73 Å². The lowest BCUT2D eigenvalue weighted by Crippen LogP contribution is -2.44. The van der Waals surface area contributed by atoms with E-state index >= 15 is 0 Å². The molecule has 166 valence electrons. The molecule has 0 aliphatic carbocycles. The fourth-order valence-corrected chi connectivity index (χ4v) is 4.42. The van der Waals surface area contributed by atoms with Crippen molar-refractivity contribution in [1.29, 1.82) is 0 Å². The number of thioether (sulfide) groups is 1. The fraction of sp³-hybridized carbons (Fsp3) is 0.292. The van der Waals surface area contributed by atoms with Gasteiger partial charge in [0.15, 0.2) is 5.82 Å². The van der Waals surface area contributed by atoms with Crippen molar-refractivity contribution in [2.75, 3.05) is 31.2 Å². The third-order valence-electron chi connectivity index (χ3n) is 5.38. The van der Waals surface area contributed by atoms with Gasteiger partial charge in [0.1, 0.15) is 5.82 Å². The Kier molecular flexibility index (Phi) is 7.24. The van der Waals surface area contributed by atoms with Crippen molar-refractivity contribution >= 4 is 29.3 Å². The van der Waals surface area contributed by atoms with Gasteiger partial charge in [0.25, 0.3) is 0 Å². The van der Waals surface area contributed by atoms with E-state index in [-0.39, 0.29) is 12.1 Å². The van der Waals surface area contributed by atoms with E-state index in [0.717, 1.165) is 42.9 Å². The zero-order chi connectivity index (χ0) is 22.3. The number of aromatic nitrogens is 2.